The predicted octanol–water partition coefficient (Wildman–Crippen LogP) is 5.45. The second kappa shape index (κ2) is 9.17. The minimum atomic E-state index is 0.0172. The van der Waals surface area contributed by atoms with Crippen LogP contribution in [0.3, 0.4) is 0 Å². The monoisotopic (exact) mass is 337 g/mol. The first-order valence-electron chi connectivity index (χ1n) is 9.82. The van der Waals surface area contributed by atoms with Crippen molar-refractivity contribution in [3.63, 3.8) is 0 Å². The van der Waals surface area contributed by atoms with Crippen LogP contribution in [-0.4, -0.2) is 30.1 Å². The maximum atomic E-state index is 6.82. The van der Waals surface area contributed by atoms with Crippen molar-refractivity contribution in [2.75, 3.05) is 13.1 Å². The Labute approximate surface area is 152 Å². The molecule has 2 aromatic carbocycles. The highest BCUT2D eigenvalue weighted by Crippen LogP contribution is 2.33. The molecule has 0 N–H and O–H groups in total. The van der Waals surface area contributed by atoms with Gasteiger partial charge in [-0.25, -0.2) is 0 Å². The van der Waals surface area contributed by atoms with Gasteiger partial charge in [0, 0.05) is 6.04 Å². The maximum Gasteiger partial charge on any atom is 0.108 e. The van der Waals surface area contributed by atoms with Crippen LogP contribution >= 0.6 is 0 Å². The van der Waals surface area contributed by atoms with E-state index in [1.807, 2.05) is 0 Å². The Balaban J connectivity index is 1.86. The number of likely N-dealkylation sites (N-methyl/N-ethyl adjacent to an activating group) is 1. The Morgan fingerprint density at radius 2 is 1.36 bits per heavy atom. The van der Waals surface area contributed by atoms with Gasteiger partial charge in [-0.2, -0.15) is 0 Å². The van der Waals surface area contributed by atoms with Crippen molar-refractivity contribution in [2.24, 2.45) is 0 Å². The molecule has 0 spiro atoms. The molecule has 1 aliphatic carbocycles. The van der Waals surface area contributed by atoms with Gasteiger partial charge in [0.25, 0.3) is 0 Å². The quantitative estimate of drug-likeness (QED) is 0.666. The number of nitrogens with zero attached hydrogens (tertiary/aromatic N) is 1. The summed E-state index contributed by atoms with van der Waals surface area (Å²) in [4.78, 5) is 2.58. The van der Waals surface area contributed by atoms with E-state index in [0.717, 1.165) is 19.5 Å². The Bertz CT molecular complexity index is 569. The van der Waals surface area contributed by atoms with E-state index < -0.39 is 0 Å². The molecule has 25 heavy (non-hydrogen) atoms. The van der Waals surface area contributed by atoms with E-state index in [2.05, 4.69) is 79.4 Å². The van der Waals surface area contributed by atoms with Gasteiger partial charge in [-0.1, -0.05) is 87.4 Å². The van der Waals surface area contributed by atoms with Gasteiger partial charge >= 0.3 is 0 Å². The lowest BCUT2D eigenvalue weighted by atomic mass is 9.90. The fourth-order valence-corrected chi connectivity index (χ4v) is 4.13. The summed E-state index contributed by atoms with van der Waals surface area (Å²) in [5.41, 5.74) is 2.50. The second-order valence-corrected chi connectivity index (χ2v) is 6.95. The molecule has 0 amide bonds. The zero-order valence-electron chi connectivity index (χ0n) is 15.6. The second-order valence-electron chi connectivity index (χ2n) is 6.95. The third kappa shape index (κ3) is 4.50. The van der Waals surface area contributed by atoms with Crippen molar-refractivity contribution in [1.82, 2.24) is 4.90 Å². The molecule has 0 bridgehead atoms. The van der Waals surface area contributed by atoms with Gasteiger partial charge in [-0.05, 0) is 37.1 Å². The first-order chi connectivity index (χ1) is 12.3. The standard InChI is InChI=1S/C23H31NO/c1-3-24(4-2)21-17-11-12-18-22(21)25-23(19-13-7-5-8-14-19)20-15-9-6-10-16-20/h5-10,13-16,21-23H,3-4,11-12,17-18H2,1-2H3. The van der Waals surface area contributed by atoms with Crippen LogP contribution < -0.4 is 0 Å². The molecule has 0 aromatic heterocycles. The van der Waals surface area contributed by atoms with E-state index in [-0.39, 0.29) is 6.10 Å². The Morgan fingerprint density at radius 1 is 0.840 bits per heavy atom. The van der Waals surface area contributed by atoms with E-state index in [1.165, 1.54) is 30.4 Å². The lowest BCUT2D eigenvalue weighted by molar-refractivity contribution is -0.0621. The normalized spacial score (nSPS) is 21.0. The Kier molecular flexibility index (Phi) is 6.66. The molecular formula is C23H31NO. The summed E-state index contributed by atoms with van der Waals surface area (Å²) in [6, 6.07) is 21.9. The number of ether oxygens (including phenoxy) is 1. The number of hydrogen-bond acceptors (Lipinski definition) is 2. The van der Waals surface area contributed by atoms with Crippen LogP contribution in [-0.2, 0) is 4.74 Å². The molecule has 2 unspecified atom stereocenters. The first-order valence-corrected chi connectivity index (χ1v) is 9.82. The molecule has 1 fully saturated rings. The summed E-state index contributed by atoms with van der Waals surface area (Å²) in [5.74, 6) is 0. The van der Waals surface area contributed by atoms with Crippen molar-refractivity contribution < 1.29 is 4.74 Å². The van der Waals surface area contributed by atoms with Crippen LogP contribution in [0, 0.1) is 0 Å². The Hall–Kier alpha value is -1.64. The van der Waals surface area contributed by atoms with Gasteiger partial charge in [0.05, 0.1) is 6.10 Å². The molecule has 0 radical (unpaired) electrons. The lowest BCUT2D eigenvalue weighted by Crippen LogP contribution is -2.47. The predicted molar refractivity (Wildman–Crippen MR) is 105 cm³/mol. The summed E-state index contributed by atoms with van der Waals surface area (Å²) in [6.07, 6.45) is 5.34. The largest absolute Gasteiger partial charge is 0.364 e. The van der Waals surface area contributed by atoms with E-state index in [9.17, 15) is 0 Å². The van der Waals surface area contributed by atoms with Crippen molar-refractivity contribution in [2.45, 2.75) is 57.8 Å². The lowest BCUT2D eigenvalue weighted by Gasteiger charge is -2.40. The average Bonchev–Trinajstić information content (AvgIpc) is 2.69. The fraction of sp³-hybridized carbons (Fsp3) is 0.478. The average molecular weight is 338 g/mol. The van der Waals surface area contributed by atoms with Crippen molar-refractivity contribution >= 4 is 0 Å². The molecule has 2 aromatic rings. The Morgan fingerprint density at radius 3 is 1.88 bits per heavy atom. The SMILES string of the molecule is CCN(CC)C1CCCCC1OC(c1ccccc1)c1ccccc1. The van der Waals surface area contributed by atoms with E-state index in [4.69, 9.17) is 4.74 Å². The van der Waals surface area contributed by atoms with Crippen molar-refractivity contribution in [1.29, 1.82) is 0 Å². The summed E-state index contributed by atoms with van der Waals surface area (Å²) in [7, 11) is 0. The summed E-state index contributed by atoms with van der Waals surface area (Å²) in [6.45, 7) is 6.73. The molecule has 0 saturated heterocycles. The third-order valence-electron chi connectivity index (χ3n) is 5.46. The zero-order valence-corrected chi connectivity index (χ0v) is 15.6. The van der Waals surface area contributed by atoms with Crippen LogP contribution in [0.5, 0.6) is 0 Å². The third-order valence-corrected chi connectivity index (χ3v) is 5.46. The number of hydrogen-bond donors (Lipinski definition) is 0. The fourth-order valence-electron chi connectivity index (χ4n) is 4.13. The van der Waals surface area contributed by atoms with E-state index >= 15 is 0 Å². The van der Waals surface area contributed by atoms with Gasteiger partial charge in [0.15, 0.2) is 0 Å². The maximum absolute atomic E-state index is 6.82. The zero-order chi connectivity index (χ0) is 17.5. The smallest absolute Gasteiger partial charge is 0.108 e. The molecule has 1 aliphatic rings. The highest BCUT2D eigenvalue weighted by Gasteiger charge is 2.32. The molecule has 1 saturated carbocycles. The summed E-state index contributed by atoms with van der Waals surface area (Å²) < 4.78 is 6.82. The van der Waals surface area contributed by atoms with Gasteiger partial charge in [-0.3, -0.25) is 4.90 Å². The highest BCUT2D eigenvalue weighted by atomic mass is 16.5. The van der Waals surface area contributed by atoms with Crippen molar-refractivity contribution in [3.05, 3.63) is 71.8 Å². The molecule has 0 aliphatic heterocycles. The van der Waals surface area contributed by atoms with Crippen LogP contribution in [0.1, 0.15) is 56.8 Å². The van der Waals surface area contributed by atoms with E-state index in [1.54, 1.807) is 0 Å². The minimum absolute atomic E-state index is 0.0172. The van der Waals surface area contributed by atoms with Crippen LogP contribution in [0.15, 0.2) is 60.7 Å². The van der Waals surface area contributed by atoms with Crippen molar-refractivity contribution in [3.8, 4) is 0 Å². The first kappa shape index (κ1) is 18.2. The molecule has 2 heteroatoms. The summed E-state index contributed by atoms with van der Waals surface area (Å²) in [5, 5.41) is 0. The van der Waals surface area contributed by atoms with Gasteiger partial charge in [0.1, 0.15) is 6.10 Å². The number of rotatable bonds is 7. The summed E-state index contributed by atoms with van der Waals surface area (Å²) >= 11 is 0. The molecule has 0 heterocycles. The molecular weight excluding hydrogens is 306 g/mol. The van der Waals surface area contributed by atoms with Crippen LogP contribution in [0.4, 0.5) is 0 Å². The van der Waals surface area contributed by atoms with Gasteiger partial charge in [-0.15, -0.1) is 0 Å². The van der Waals surface area contributed by atoms with E-state index in [0.29, 0.717) is 12.1 Å². The van der Waals surface area contributed by atoms with Crippen LogP contribution in [0.2, 0.25) is 0 Å². The molecule has 3 rings (SSSR count). The minimum Gasteiger partial charge on any atom is -0.364 e. The number of benzene rings is 2. The van der Waals surface area contributed by atoms with Gasteiger partial charge < -0.3 is 4.74 Å². The highest BCUT2D eigenvalue weighted by molar-refractivity contribution is 5.30. The molecule has 2 nitrogen and oxygen atoms in total. The molecule has 2 atom stereocenters. The van der Waals surface area contributed by atoms with Gasteiger partial charge in [0.2, 0.25) is 0 Å². The topological polar surface area (TPSA) is 12.5 Å². The van der Waals surface area contributed by atoms with Crippen LogP contribution in [0.25, 0.3) is 0 Å². The molecule has 134 valence electrons.